The van der Waals surface area contributed by atoms with Crippen LogP contribution < -0.4 is 40.4 Å². The Bertz CT molecular complexity index is 622. The Morgan fingerprint density at radius 1 is 1.15 bits per heavy atom. The number of nitrogen functional groups attached to an aromatic ring is 1. The molecule has 0 aliphatic carbocycles. The fourth-order valence-corrected chi connectivity index (χ4v) is 2.82. The molecule has 2 rings (SSSR count). The summed E-state index contributed by atoms with van der Waals surface area (Å²) in [6, 6.07) is 12.7. The molecule has 3 nitrogen and oxygen atoms in total. The number of carbonyl (C=O) groups is 1. The van der Waals surface area contributed by atoms with E-state index in [4.69, 9.17) is 17.3 Å². The van der Waals surface area contributed by atoms with Crippen molar-refractivity contribution in [3.8, 4) is 0 Å². The number of hydrogen-bond donors (Lipinski definition) is 1. The molecule has 98 valence electrons. The number of benzene rings is 2. The second-order valence-electron chi connectivity index (χ2n) is 3.91. The average molecular weight is 316 g/mol. The van der Waals surface area contributed by atoms with E-state index in [9.17, 15) is 9.90 Å². The Labute approximate surface area is 148 Å². The van der Waals surface area contributed by atoms with Gasteiger partial charge in [-0.25, -0.2) is 0 Å². The SMILES string of the molecule is Nc1c(CC(=O)[O-])cccc1Sc1ccccc1Cl.[Na+]. The zero-order chi connectivity index (χ0) is 13.8. The molecule has 2 aromatic rings. The summed E-state index contributed by atoms with van der Waals surface area (Å²) in [5, 5.41) is 11.3. The number of nitrogens with two attached hydrogens (primary N) is 1. The summed E-state index contributed by atoms with van der Waals surface area (Å²) in [4.78, 5) is 12.3. The number of carboxylic acids is 1. The van der Waals surface area contributed by atoms with Crippen molar-refractivity contribution in [1.82, 2.24) is 0 Å². The molecule has 0 aromatic heterocycles. The van der Waals surface area contributed by atoms with Crippen molar-refractivity contribution in [2.45, 2.75) is 16.2 Å². The van der Waals surface area contributed by atoms with Gasteiger partial charge in [0.2, 0.25) is 0 Å². The van der Waals surface area contributed by atoms with Gasteiger partial charge >= 0.3 is 29.6 Å². The maximum atomic E-state index is 10.7. The number of para-hydroxylation sites is 1. The third-order valence-corrected chi connectivity index (χ3v) is 4.14. The molecule has 0 atom stereocenters. The fourth-order valence-electron chi connectivity index (χ4n) is 1.63. The normalized spacial score (nSPS) is 9.85. The summed E-state index contributed by atoms with van der Waals surface area (Å²) < 4.78 is 0. The van der Waals surface area contributed by atoms with Gasteiger partial charge in [-0.2, -0.15) is 0 Å². The molecule has 2 N–H and O–H groups in total. The van der Waals surface area contributed by atoms with E-state index in [0.717, 1.165) is 9.79 Å². The smallest absolute Gasteiger partial charge is 0.550 e. The number of carboxylic acid groups (broad SMARTS) is 1. The minimum absolute atomic E-state index is 0. The van der Waals surface area contributed by atoms with Crippen molar-refractivity contribution in [3.63, 3.8) is 0 Å². The van der Waals surface area contributed by atoms with Crippen LogP contribution in [0.1, 0.15) is 5.56 Å². The molecular weight excluding hydrogens is 305 g/mol. The van der Waals surface area contributed by atoms with Crippen molar-refractivity contribution in [2.75, 3.05) is 5.73 Å². The van der Waals surface area contributed by atoms with Crippen molar-refractivity contribution >= 4 is 35.0 Å². The van der Waals surface area contributed by atoms with Crippen LogP contribution in [0.25, 0.3) is 0 Å². The third-order valence-electron chi connectivity index (χ3n) is 2.55. The fraction of sp³-hybridized carbons (Fsp3) is 0.0714. The molecule has 0 radical (unpaired) electrons. The Balaban J connectivity index is 0.00000200. The molecule has 0 aliphatic rings. The summed E-state index contributed by atoms with van der Waals surface area (Å²) in [6.07, 6.45) is -0.192. The minimum Gasteiger partial charge on any atom is -0.550 e. The molecule has 0 heterocycles. The number of hydrogen-bond acceptors (Lipinski definition) is 4. The van der Waals surface area contributed by atoms with Gasteiger partial charge < -0.3 is 15.6 Å². The van der Waals surface area contributed by atoms with Crippen molar-refractivity contribution in [1.29, 1.82) is 0 Å². The van der Waals surface area contributed by atoms with E-state index < -0.39 is 5.97 Å². The number of anilines is 1. The first-order valence-electron chi connectivity index (χ1n) is 5.57. The second kappa shape index (κ2) is 7.96. The Morgan fingerprint density at radius 2 is 1.80 bits per heavy atom. The number of aliphatic carboxylic acids is 1. The summed E-state index contributed by atoms with van der Waals surface area (Å²) in [7, 11) is 0. The number of halogens is 1. The van der Waals surface area contributed by atoms with Gasteiger partial charge in [-0.3, -0.25) is 0 Å². The van der Waals surface area contributed by atoms with E-state index in [1.54, 1.807) is 18.2 Å². The Hall–Kier alpha value is -0.650. The van der Waals surface area contributed by atoms with Crippen LogP contribution in [0, 0.1) is 0 Å². The Morgan fingerprint density at radius 3 is 2.45 bits per heavy atom. The van der Waals surface area contributed by atoms with Gasteiger partial charge in [0.1, 0.15) is 0 Å². The molecule has 6 heteroatoms. The predicted octanol–water partition coefficient (Wildman–Crippen LogP) is -0.630. The summed E-state index contributed by atoms with van der Waals surface area (Å²) >= 11 is 7.50. The molecular formula is C14H11ClNNaO2S. The van der Waals surface area contributed by atoms with Crippen molar-refractivity contribution in [3.05, 3.63) is 53.1 Å². The molecule has 0 spiro atoms. The number of carbonyl (C=O) groups excluding carboxylic acids is 1. The maximum absolute atomic E-state index is 10.7. The average Bonchev–Trinajstić information content (AvgIpc) is 2.36. The third kappa shape index (κ3) is 4.43. The first-order chi connectivity index (χ1) is 9.08. The van der Waals surface area contributed by atoms with Gasteiger partial charge in [0.25, 0.3) is 0 Å². The van der Waals surface area contributed by atoms with Crippen LogP contribution in [-0.2, 0) is 11.2 Å². The van der Waals surface area contributed by atoms with Crippen LogP contribution >= 0.6 is 23.4 Å². The van der Waals surface area contributed by atoms with Gasteiger partial charge in [0.15, 0.2) is 0 Å². The molecule has 0 unspecified atom stereocenters. The van der Waals surface area contributed by atoms with E-state index in [2.05, 4.69) is 0 Å². The van der Waals surface area contributed by atoms with E-state index in [0.29, 0.717) is 16.3 Å². The van der Waals surface area contributed by atoms with Gasteiger partial charge in [0.05, 0.1) is 5.02 Å². The van der Waals surface area contributed by atoms with Crippen LogP contribution in [0.3, 0.4) is 0 Å². The monoisotopic (exact) mass is 315 g/mol. The van der Waals surface area contributed by atoms with Crippen LogP contribution in [0.4, 0.5) is 5.69 Å². The van der Waals surface area contributed by atoms with Gasteiger partial charge in [0, 0.05) is 27.9 Å². The molecule has 0 bridgehead atoms. The van der Waals surface area contributed by atoms with Crippen molar-refractivity contribution < 1.29 is 39.5 Å². The number of rotatable bonds is 4. The van der Waals surface area contributed by atoms with Gasteiger partial charge in [-0.1, -0.05) is 47.6 Å². The van der Waals surface area contributed by atoms with E-state index >= 15 is 0 Å². The van der Waals surface area contributed by atoms with Gasteiger partial charge in [-0.05, 0) is 23.8 Å². The van der Waals surface area contributed by atoms with E-state index in [1.165, 1.54) is 11.8 Å². The summed E-state index contributed by atoms with van der Waals surface area (Å²) in [6.45, 7) is 0. The first kappa shape index (κ1) is 17.4. The van der Waals surface area contributed by atoms with E-state index in [-0.39, 0.29) is 36.0 Å². The zero-order valence-corrected chi connectivity index (χ0v) is 14.5. The Kier molecular flexibility index (Phi) is 6.92. The predicted molar refractivity (Wildman–Crippen MR) is 75.1 cm³/mol. The van der Waals surface area contributed by atoms with Crippen molar-refractivity contribution in [2.24, 2.45) is 0 Å². The molecule has 0 amide bonds. The molecule has 0 saturated heterocycles. The minimum atomic E-state index is -1.15. The summed E-state index contributed by atoms with van der Waals surface area (Å²) in [5.41, 5.74) is 6.98. The van der Waals surface area contributed by atoms with Crippen LogP contribution in [-0.4, -0.2) is 5.97 Å². The molecule has 0 saturated carbocycles. The zero-order valence-electron chi connectivity index (χ0n) is 10.9. The maximum Gasteiger partial charge on any atom is 1.00 e. The van der Waals surface area contributed by atoms with Gasteiger partial charge in [-0.15, -0.1) is 0 Å². The molecule has 0 aliphatic heterocycles. The largest absolute Gasteiger partial charge is 1.00 e. The van der Waals surface area contributed by atoms with Crippen LogP contribution in [0.15, 0.2) is 52.3 Å². The summed E-state index contributed by atoms with van der Waals surface area (Å²) in [5.74, 6) is -1.15. The van der Waals surface area contributed by atoms with Crippen LogP contribution in [0.5, 0.6) is 0 Å². The van der Waals surface area contributed by atoms with Crippen LogP contribution in [0.2, 0.25) is 5.02 Å². The standard InChI is InChI=1S/C14H12ClNO2S.Na/c15-10-5-1-2-6-11(10)19-12-7-3-4-9(14(12)16)8-13(17)18;/h1-7H,8,16H2,(H,17,18);/q;+1/p-1. The second-order valence-corrected chi connectivity index (χ2v) is 5.40. The molecule has 2 aromatic carbocycles. The first-order valence-corrected chi connectivity index (χ1v) is 6.77. The molecule has 20 heavy (non-hydrogen) atoms. The molecule has 0 fully saturated rings. The topological polar surface area (TPSA) is 66.2 Å². The van der Waals surface area contributed by atoms with E-state index in [1.807, 2.05) is 24.3 Å². The quantitative estimate of drug-likeness (QED) is 0.603.